The van der Waals surface area contributed by atoms with Crippen LogP contribution in [-0.2, 0) is 12.8 Å². The SMILES string of the molecule is C=C(C)CCc1cc2cc(CCCO)c(OC)cc2oc1=O. The highest BCUT2D eigenvalue weighted by Gasteiger charge is 2.10. The highest BCUT2D eigenvalue weighted by molar-refractivity contribution is 5.80. The van der Waals surface area contributed by atoms with Crippen molar-refractivity contribution in [2.24, 2.45) is 0 Å². The average molecular weight is 302 g/mol. The number of fused-ring (bicyclic) bond motifs is 1. The fourth-order valence-electron chi connectivity index (χ4n) is 2.42. The number of benzene rings is 1. The van der Waals surface area contributed by atoms with Crippen LogP contribution in [0.1, 0.15) is 30.9 Å². The topological polar surface area (TPSA) is 59.7 Å². The summed E-state index contributed by atoms with van der Waals surface area (Å²) >= 11 is 0. The minimum atomic E-state index is -0.307. The van der Waals surface area contributed by atoms with Crippen molar-refractivity contribution in [1.82, 2.24) is 0 Å². The van der Waals surface area contributed by atoms with E-state index in [-0.39, 0.29) is 12.2 Å². The molecule has 0 aliphatic heterocycles. The lowest BCUT2D eigenvalue weighted by atomic mass is 10.0. The molecule has 1 heterocycles. The molecule has 0 fully saturated rings. The first-order valence-electron chi connectivity index (χ1n) is 7.44. The Kier molecular flexibility index (Phi) is 5.39. The maximum absolute atomic E-state index is 12.0. The van der Waals surface area contributed by atoms with Crippen molar-refractivity contribution in [1.29, 1.82) is 0 Å². The van der Waals surface area contributed by atoms with Gasteiger partial charge in [-0.1, -0.05) is 5.57 Å². The van der Waals surface area contributed by atoms with Crippen molar-refractivity contribution in [3.05, 3.63) is 51.9 Å². The molecule has 2 aromatic rings. The Morgan fingerprint density at radius 1 is 1.27 bits per heavy atom. The average Bonchev–Trinajstić information content (AvgIpc) is 2.50. The zero-order valence-corrected chi connectivity index (χ0v) is 13.1. The summed E-state index contributed by atoms with van der Waals surface area (Å²) in [7, 11) is 1.59. The smallest absolute Gasteiger partial charge is 0.339 e. The number of aryl methyl sites for hydroxylation is 2. The van der Waals surface area contributed by atoms with E-state index in [1.54, 1.807) is 13.2 Å². The second-order valence-electron chi connectivity index (χ2n) is 5.55. The molecule has 118 valence electrons. The van der Waals surface area contributed by atoms with Gasteiger partial charge in [-0.15, -0.1) is 6.58 Å². The highest BCUT2D eigenvalue weighted by Crippen LogP contribution is 2.27. The van der Waals surface area contributed by atoms with Gasteiger partial charge in [0.25, 0.3) is 0 Å². The van der Waals surface area contributed by atoms with Crippen molar-refractivity contribution in [3.63, 3.8) is 0 Å². The van der Waals surface area contributed by atoms with Crippen LogP contribution in [0.25, 0.3) is 11.0 Å². The van der Waals surface area contributed by atoms with Crippen LogP contribution in [0.5, 0.6) is 5.75 Å². The van der Waals surface area contributed by atoms with E-state index < -0.39 is 0 Å². The van der Waals surface area contributed by atoms with Gasteiger partial charge in [-0.05, 0) is 50.3 Å². The molecule has 0 saturated carbocycles. The minimum absolute atomic E-state index is 0.134. The van der Waals surface area contributed by atoms with Gasteiger partial charge >= 0.3 is 5.63 Å². The number of aliphatic hydroxyl groups is 1. The van der Waals surface area contributed by atoms with Gasteiger partial charge in [-0.25, -0.2) is 4.79 Å². The molecule has 0 unspecified atom stereocenters. The number of rotatable bonds is 7. The molecule has 1 aromatic heterocycles. The molecule has 4 nitrogen and oxygen atoms in total. The number of allylic oxidation sites excluding steroid dienone is 1. The van der Waals surface area contributed by atoms with E-state index in [1.165, 1.54) is 0 Å². The number of hydrogen-bond acceptors (Lipinski definition) is 4. The molecule has 0 spiro atoms. The molecular weight excluding hydrogens is 280 g/mol. The van der Waals surface area contributed by atoms with Crippen LogP contribution in [0.4, 0.5) is 0 Å². The van der Waals surface area contributed by atoms with Crippen molar-refractivity contribution in [3.8, 4) is 5.75 Å². The number of aliphatic hydroxyl groups excluding tert-OH is 1. The van der Waals surface area contributed by atoms with Crippen LogP contribution >= 0.6 is 0 Å². The summed E-state index contributed by atoms with van der Waals surface area (Å²) in [4.78, 5) is 12.0. The number of ether oxygens (including phenoxy) is 1. The molecule has 0 amide bonds. The van der Waals surface area contributed by atoms with Gasteiger partial charge in [0.2, 0.25) is 0 Å². The zero-order chi connectivity index (χ0) is 16.1. The second-order valence-corrected chi connectivity index (χ2v) is 5.55. The van der Waals surface area contributed by atoms with Crippen molar-refractivity contribution < 1.29 is 14.3 Å². The molecule has 0 bridgehead atoms. The zero-order valence-electron chi connectivity index (χ0n) is 13.1. The molecule has 0 radical (unpaired) electrons. The fraction of sp³-hybridized carbons (Fsp3) is 0.389. The van der Waals surface area contributed by atoms with Gasteiger partial charge in [0.15, 0.2) is 0 Å². The van der Waals surface area contributed by atoms with E-state index in [9.17, 15) is 4.79 Å². The first-order chi connectivity index (χ1) is 10.5. The van der Waals surface area contributed by atoms with Crippen molar-refractivity contribution in [2.45, 2.75) is 32.6 Å². The third kappa shape index (κ3) is 3.77. The second kappa shape index (κ2) is 7.27. The molecule has 1 N–H and O–H groups in total. The predicted molar refractivity (Wildman–Crippen MR) is 87.6 cm³/mol. The maximum atomic E-state index is 12.0. The van der Waals surface area contributed by atoms with Gasteiger partial charge in [-0.2, -0.15) is 0 Å². The van der Waals surface area contributed by atoms with Gasteiger partial charge in [0.05, 0.1) is 7.11 Å². The first kappa shape index (κ1) is 16.3. The summed E-state index contributed by atoms with van der Waals surface area (Å²) in [6, 6.07) is 5.59. The third-order valence-corrected chi connectivity index (χ3v) is 3.63. The molecule has 1 aromatic carbocycles. The molecule has 4 heteroatoms. The van der Waals surface area contributed by atoms with Crippen LogP contribution in [0.3, 0.4) is 0 Å². The third-order valence-electron chi connectivity index (χ3n) is 3.63. The first-order valence-corrected chi connectivity index (χ1v) is 7.44. The van der Waals surface area contributed by atoms with Gasteiger partial charge in [0.1, 0.15) is 11.3 Å². The fourth-order valence-corrected chi connectivity index (χ4v) is 2.42. The summed E-state index contributed by atoms with van der Waals surface area (Å²) in [5.74, 6) is 0.679. The summed E-state index contributed by atoms with van der Waals surface area (Å²) in [5.41, 5.74) is 2.92. The Morgan fingerprint density at radius 2 is 2.00 bits per heavy atom. The van der Waals surface area contributed by atoms with Crippen LogP contribution in [0, 0.1) is 0 Å². The van der Waals surface area contributed by atoms with Crippen LogP contribution in [0.15, 0.2) is 39.6 Å². The standard InChI is InChI=1S/C18H22O4/c1-12(2)6-7-14-10-15-9-13(5-4-8-19)16(21-3)11-17(15)22-18(14)20/h9-11,19H,1,4-8H2,2-3H3. The predicted octanol–water partition coefficient (Wildman–Crippen LogP) is 3.24. The highest BCUT2D eigenvalue weighted by atomic mass is 16.5. The Morgan fingerprint density at radius 3 is 2.64 bits per heavy atom. The summed E-state index contributed by atoms with van der Waals surface area (Å²) < 4.78 is 10.8. The lowest BCUT2D eigenvalue weighted by molar-refractivity contribution is 0.287. The molecule has 0 aliphatic carbocycles. The van der Waals surface area contributed by atoms with E-state index in [1.807, 2.05) is 19.1 Å². The minimum Gasteiger partial charge on any atom is -0.496 e. The number of hydrogen-bond donors (Lipinski definition) is 1. The quantitative estimate of drug-likeness (QED) is 0.630. The van der Waals surface area contributed by atoms with E-state index in [0.717, 1.165) is 29.4 Å². The Labute approximate surface area is 130 Å². The maximum Gasteiger partial charge on any atom is 0.339 e. The van der Waals surface area contributed by atoms with E-state index >= 15 is 0 Å². The monoisotopic (exact) mass is 302 g/mol. The lowest BCUT2D eigenvalue weighted by Gasteiger charge is -2.10. The Balaban J connectivity index is 2.45. The van der Waals surface area contributed by atoms with E-state index in [2.05, 4.69) is 6.58 Å². The van der Waals surface area contributed by atoms with Gasteiger partial charge < -0.3 is 14.3 Å². The van der Waals surface area contributed by atoms with E-state index in [0.29, 0.717) is 29.7 Å². The molecule has 2 rings (SSSR count). The van der Waals surface area contributed by atoms with Crippen LogP contribution in [0.2, 0.25) is 0 Å². The van der Waals surface area contributed by atoms with Gasteiger partial charge in [0, 0.05) is 23.6 Å². The summed E-state index contributed by atoms with van der Waals surface area (Å²) in [5, 5.41) is 9.88. The Hall–Kier alpha value is -2.07. The molecule has 0 aliphatic rings. The number of methoxy groups -OCH3 is 1. The van der Waals surface area contributed by atoms with Crippen LogP contribution < -0.4 is 10.4 Å². The van der Waals surface area contributed by atoms with Crippen molar-refractivity contribution >= 4 is 11.0 Å². The largest absolute Gasteiger partial charge is 0.496 e. The van der Waals surface area contributed by atoms with Crippen LogP contribution in [-0.4, -0.2) is 18.8 Å². The lowest BCUT2D eigenvalue weighted by Crippen LogP contribution is -2.07. The molecule has 0 saturated heterocycles. The summed E-state index contributed by atoms with van der Waals surface area (Å²) in [6.07, 6.45) is 2.78. The summed E-state index contributed by atoms with van der Waals surface area (Å²) in [6.45, 7) is 5.94. The van der Waals surface area contributed by atoms with Crippen molar-refractivity contribution in [2.75, 3.05) is 13.7 Å². The van der Waals surface area contributed by atoms with E-state index in [4.69, 9.17) is 14.3 Å². The Bertz CT molecular complexity index is 728. The van der Waals surface area contributed by atoms with Gasteiger partial charge in [-0.3, -0.25) is 0 Å². The normalized spacial score (nSPS) is 10.9. The molecule has 22 heavy (non-hydrogen) atoms. The molecular formula is C18H22O4. The molecule has 0 atom stereocenters.